The predicted molar refractivity (Wildman–Crippen MR) is 181 cm³/mol. The van der Waals surface area contributed by atoms with Gasteiger partial charge in [0.2, 0.25) is 0 Å². The number of nitrogens with one attached hydrogen (secondary N) is 1. The number of alkyl halides is 1. The Labute approximate surface area is 271 Å². The number of fused-ring (bicyclic) bond motifs is 4. The zero-order valence-corrected chi connectivity index (χ0v) is 26.2. The third-order valence-corrected chi connectivity index (χ3v) is 9.40. The number of Topliss-reactive ketones (excluding diaryl/α,β-unsaturated/α-hetero) is 1. The number of H-pyrrole nitrogens is 1. The number of hydrogen-bond donors (Lipinski definition) is 2. The van der Waals surface area contributed by atoms with Gasteiger partial charge in [-0.15, -0.1) is 11.6 Å². The molecule has 2 aliphatic heterocycles. The molecule has 1 fully saturated rings. The Balaban J connectivity index is 1.19. The van der Waals surface area contributed by atoms with Crippen molar-refractivity contribution >= 4 is 62.4 Å². The van der Waals surface area contributed by atoms with Gasteiger partial charge in [0.1, 0.15) is 11.4 Å². The molecule has 1 aromatic heterocycles. The van der Waals surface area contributed by atoms with Gasteiger partial charge < -0.3 is 30.2 Å². The topological polar surface area (TPSA) is 112 Å². The number of aromatic nitrogens is 1. The summed E-state index contributed by atoms with van der Waals surface area (Å²) in [6.07, 6.45) is -0.169. The number of ketones is 1. The molecule has 4 aromatic carbocycles. The number of piperazine rings is 1. The average molecular weight is 636 g/mol. The molecule has 0 spiro atoms. The maximum atomic E-state index is 14.1. The van der Waals surface area contributed by atoms with Crippen LogP contribution in [0.4, 0.5) is 16.2 Å². The SMILES string of the molecule is CN1CCN(C(=O)Oc2cc3c(c4ccccc24)C(CCl)CN3C(=O)c2cc3cc(CC(=O)c4ccc(N)cc4)ccc3[nH]2)CC1. The third kappa shape index (κ3) is 5.57. The van der Waals surface area contributed by atoms with E-state index >= 15 is 0 Å². The Bertz CT molecular complexity index is 1980. The highest BCUT2D eigenvalue weighted by molar-refractivity contribution is 6.19. The minimum Gasteiger partial charge on any atom is -0.409 e. The van der Waals surface area contributed by atoms with Crippen LogP contribution in [0.15, 0.2) is 78.9 Å². The number of likely N-dealkylation sites (N-methyl/N-ethyl adjacent to an activating group) is 1. The minimum atomic E-state index is -0.399. The van der Waals surface area contributed by atoms with Crippen LogP contribution in [-0.2, 0) is 6.42 Å². The highest BCUT2D eigenvalue weighted by Gasteiger charge is 2.36. The van der Waals surface area contributed by atoms with E-state index < -0.39 is 6.09 Å². The second kappa shape index (κ2) is 12.2. The second-order valence-electron chi connectivity index (χ2n) is 12.1. The van der Waals surface area contributed by atoms with E-state index in [4.69, 9.17) is 22.1 Å². The Kier molecular flexibility index (Phi) is 7.88. The van der Waals surface area contributed by atoms with Gasteiger partial charge in [-0.2, -0.15) is 0 Å². The van der Waals surface area contributed by atoms with Gasteiger partial charge in [-0.25, -0.2) is 4.79 Å². The fourth-order valence-corrected chi connectivity index (χ4v) is 6.72. The van der Waals surface area contributed by atoms with Gasteiger partial charge in [0, 0.05) is 84.5 Å². The molecular formula is C36H34ClN5O4. The smallest absolute Gasteiger partial charge is 0.409 e. The normalized spacial score (nSPS) is 16.6. The van der Waals surface area contributed by atoms with Crippen LogP contribution < -0.4 is 15.4 Å². The summed E-state index contributed by atoms with van der Waals surface area (Å²) in [5.74, 6) is 0.431. The van der Waals surface area contributed by atoms with E-state index in [-0.39, 0.29) is 24.0 Å². The van der Waals surface area contributed by atoms with Crippen molar-refractivity contribution in [1.29, 1.82) is 0 Å². The summed E-state index contributed by atoms with van der Waals surface area (Å²) in [5.41, 5.74) is 10.7. The lowest BCUT2D eigenvalue weighted by Crippen LogP contribution is -2.48. The van der Waals surface area contributed by atoms with E-state index in [0.29, 0.717) is 53.9 Å². The van der Waals surface area contributed by atoms with Crippen molar-refractivity contribution in [2.45, 2.75) is 12.3 Å². The molecule has 9 nitrogen and oxygen atoms in total. The quantitative estimate of drug-likeness (QED) is 0.133. The number of halogens is 1. The number of amides is 2. The number of rotatable bonds is 6. The van der Waals surface area contributed by atoms with E-state index in [1.807, 2.05) is 55.6 Å². The van der Waals surface area contributed by atoms with Crippen molar-refractivity contribution < 1.29 is 19.1 Å². The molecular weight excluding hydrogens is 602 g/mol. The van der Waals surface area contributed by atoms with Crippen LogP contribution in [0.1, 0.15) is 37.9 Å². The average Bonchev–Trinajstić information content (AvgIpc) is 3.66. The number of carbonyl (C=O) groups is 3. The molecule has 46 heavy (non-hydrogen) atoms. The number of anilines is 2. The maximum Gasteiger partial charge on any atom is 0.415 e. The van der Waals surface area contributed by atoms with Crippen LogP contribution in [0.5, 0.6) is 5.75 Å². The lowest BCUT2D eigenvalue weighted by atomic mass is 9.95. The van der Waals surface area contributed by atoms with Crippen LogP contribution in [0.3, 0.4) is 0 Å². The maximum absolute atomic E-state index is 14.1. The van der Waals surface area contributed by atoms with Crippen molar-refractivity contribution in [3.63, 3.8) is 0 Å². The van der Waals surface area contributed by atoms with Crippen molar-refractivity contribution in [1.82, 2.24) is 14.8 Å². The van der Waals surface area contributed by atoms with E-state index in [9.17, 15) is 14.4 Å². The molecule has 0 saturated carbocycles. The lowest BCUT2D eigenvalue weighted by molar-refractivity contribution is 0.0979. The number of nitrogen functional groups attached to an aromatic ring is 1. The Hall–Kier alpha value is -4.86. The van der Waals surface area contributed by atoms with Crippen LogP contribution >= 0.6 is 11.6 Å². The predicted octanol–water partition coefficient (Wildman–Crippen LogP) is 6.06. The summed E-state index contributed by atoms with van der Waals surface area (Å²) in [5, 5.41) is 2.55. The fourth-order valence-electron chi connectivity index (χ4n) is 6.47. The summed E-state index contributed by atoms with van der Waals surface area (Å²) < 4.78 is 6.02. The van der Waals surface area contributed by atoms with Gasteiger partial charge in [0.25, 0.3) is 5.91 Å². The van der Waals surface area contributed by atoms with Gasteiger partial charge in [-0.05, 0) is 66.0 Å². The van der Waals surface area contributed by atoms with Crippen LogP contribution in [-0.4, -0.2) is 78.2 Å². The van der Waals surface area contributed by atoms with Gasteiger partial charge in [0.05, 0.1) is 5.69 Å². The Morgan fingerprint density at radius 2 is 1.67 bits per heavy atom. The minimum absolute atomic E-state index is 0.0108. The van der Waals surface area contributed by atoms with Gasteiger partial charge in [-0.3, -0.25) is 9.59 Å². The lowest BCUT2D eigenvalue weighted by Gasteiger charge is -2.31. The van der Waals surface area contributed by atoms with Crippen LogP contribution in [0.25, 0.3) is 21.7 Å². The number of carbonyl (C=O) groups excluding carboxylic acids is 3. The first-order chi connectivity index (χ1) is 22.3. The Morgan fingerprint density at radius 3 is 2.41 bits per heavy atom. The molecule has 3 N–H and O–H groups in total. The van der Waals surface area contributed by atoms with Crippen molar-refractivity contribution in [3.05, 3.63) is 101 Å². The molecule has 0 aliphatic carbocycles. The molecule has 7 rings (SSSR count). The molecule has 0 bridgehead atoms. The number of benzene rings is 4. The van der Waals surface area contributed by atoms with Gasteiger partial charge in [0.15, 0.2) is 5.78 Å². The molecule has 234 valence electrons. The fraction of sp³-hybridized carbons (Fsp3) is 0.250. The van der Waals surface area contributed by atoms with Gasteiger partial charge >= 0.3 is 6.09 Å². The number of nitrogens with two attached hydrogens (primary N) is 1. The van der Waals surface area contributed by atoms with Gasteiger partial charge in [-0.1, -0.05) is 30.3 Å². The standard InChI is InChI=1S/C36H34ClN5O4/c1-40-12-14-41(15-13-40)36(45)46-33-19-31-34(28-5-3-2-4-27(28)33)25(20-37)21-42(31)35(44)30-18-24-16-22(6-11-29(24)39-30)17-32(43)23-7-9-26(38)10-8-23/h2-11,16,18-19,25,39H,12-15,17,20-21,38H2,1H3. The molecule has 2 aliphatic rings. The highest BCUT2D eigenvalue weighted by atomic mass is 35.5. The monoisotopic (exact) mass is 635 g/mol. The molecule has 2 amide bonds. The first-order valence-electron chi connectivity index (χ1n) is 15.4. The first-order valence-corrected chi connectivity index (χ1v) is 15.9. The second-order valence-corrected chi connectivity index (χ2v) is 12.4. The third-order valence-electron chi connectivity index (χ3n) is 9.03. The molecule has 1 atom stereocenters. The van der Waals surface area contributed by atoms with E-state index in [2.05, 4.69) is 9.88 Å². The van der Waals surface area contributed by atoms with Crippen molar-refractivity contribution in [3.8, 4) is 5.75 Å². The number of hydrogen-bond acceptors (Lipinski definition) is 6. The first kappa shape index (κ1) is 29.8. The van der Waals surface area contributed by atoms with E-state index in [0.717, 1.165) is 45.9 Å². The highest BCUT2D eigenvalue weighted by Crippen LogP contribution is 2.46. The summed E-state index contributed by atoms with van der Waals surface area (Å²) in [6.45, 7) is 3.15. The molecule has 1 unspecified atom stereocenters. The summed E-state index contributed by atoms with van der Waals surface area (Å²) >= 11 is 6.49. The number of aromatic amines is 1. The van der Waals surface area contributed by atoms with E-state index in [1.165, 1.54) is 0 Å². The van der Waals surface area contributed by atoms with Crippen LogP contribution in [0.2, 0.25) is 0 Å². The van der Waals surface area contributed by atoms with Crippen LogP contribution in [0, 0.1) is 0 Å². The zero-order valence-electron chi connectivity index (χ0n) is 25.5. The van der Waals surface area contributed by atoms with E-state index in [1.54, 1.807) is 40.1 Å². The summed E-state index contributed by atoms with van der Waals surface area (Å²) in [6, 6.07) is 24.0. The summed E-state index contributed by atoms with van der Waals surface area (Å²) in [7, 11) is 2.03. The van der Waals surface area contributed by atoms with Crippen molar-refractivity contribution in [2.24, 2.45) is 0 Å². The van der Waals surface area contributed by atoms with Crippen molar-refractivity contribution in [2.75, 3.05) is 56.3 Å². The molecule has 10 heteroatoms. The number of nitrogens with zero attached hydrogens (tertiary/aromatic N) is 3. The molecule has 0 radical (unpaired) electrons. The molecule has 3 heterocycles. The molecule has 1 saturated heterocycles. The zero-order chi connectivity index (χ0) is 31.9. The summed E-state index contributed by atoms with van der Waals surface area (Å²) in [4.78, 5) is 49.1. The number of ether oxygens (including phenoxy) is 1. The largest absolute Gasteiger partial charge is 0.415 e. The Morgan fingerprint density at radius 1 is 0.935 bits per heavy atom. The molecule has 5 aromatic rings.